The lowest BCUT2D eigenvalue weighted by Crippen LogP contribution is -2.46. The third-order valence-corrected chi connectivity index (χ3v) is 5.10. The van der Waals surface area contributed by atoms with E-state index in [2.05, 4.69) is 0 Å². The average Bonchev–Trinajstić information content (AvgIpc) is 3.04. The van der Waals surface area contributed by atoms with E-state index in [1.165, 1.54) is 6.07 Å². The first-order chi connectivity index (χ1) is 10.7. The molecule has 116 valence electrons. The average molecular weight is 319 g/mol. The Balaban J connectivity index is 2.05. The molecule has 2 heterocycles. The van der Waals surface area contributed by atoms with Crippen molar-refractivity contribution >= 4 is 17.3 Å². The van der Waals surface area contributed by atoms with Crippen LogP contribution in [0.2, 0.25) is 0 Å². The first kappa shape index (κ1) is 15.2. The number of thiophene rings is 1. The number of halogens is 1. The van der Waals surface area contributed by atoms with Crippen LogP contribution in [-0.2, 0) is 4.79 Å². The molecule has 0 radical (unpaired) electrons. The molecule has 3 nitrogen and oxygen atoms in total. The van der Waals surface area contributed by atoms with Crippen molar-refractivity contribution in [2.24, 2.45) is 0 Å². The summed E-state index contributed by atoms with van der Waals surface area (Å²) in [5.41, 5.74) is 0.554. The summed E-state index contributed by atoms with van der Waals surface area (Å²) < 4.78 is 14.3. The minimum atomic E-state index is -0.822. The Morgan fingerprint density at radius 3 is 2.77 bits per heavy atom. The molecule has 0 spiro atoms. The van der Waals surface area contributed by atoms with Gasteiger partial charge in [-0.2, -0.15) is 0 Å². The standard InChI is InChI=1S/C17H18FNO2S/c18-13-7-2-1-6-12(13)16(15-9-5-11-22-15)19-10-4-3-8-14(19)17(20)21/h1-2,5-7,9,11,14,16H,3-4,8,10H2,(H,20,21). The Morgan fingerprint density at radius 2 is 2.09 bits per heavy atom. The van der Waals surface area contributed by atoms with Crippen LogP contribution in [0.5, 0.6) is 0 Å². The topological polar surface area (TPSA) is 40.5 Å². The number of aliphatic carboxylic acids is 1. The van der Waals surface area contributed by atoms with E-state index < -0.39 is 12.0 Å². The van der Waals surface area contributed by atoms with Crippen LogP contribution >= 0.6 is 11.3 Å². The van der Waals surface area contributed by atoms with E-state index in [1.807, 2.05) is 22.4 Å². The van der Waals surface area contributed by atoms with Crippen LogP contribution in [0.1, 0.15) is 35.7 Å². The van der Waals surface area contributed by atoms with Gasteiger partial charge >= 0.3 is 5.97 Å². The van der Waals surface area contributed by atoms with E-state index in [1.54, 1.807) is 29.5 Å². The van der Waals surface area contributed by atoms with Crippen LogP contribution in [0, 0.1) is 5.82 Å². The maximum Gasteiger partial charge on any atom is 0.320 e. The molecule has 2 aromatic rings. The van der Waals surface area contributed by atoms with E-state index in [-0.39, 0.29) is 11.9 Å². The van der Waals surface area contributed by atoms with Gasteiger partial charge in [0, 0.05) is 10.4 Å². The highest BCUT2D eigenvalue weighted by Gasteiger charge is 2.36. The van der Waals surface area contributed by atoms with E-state index >= 15 is 0 Å². The number of rotatable bonds is 4. The summed E-state index contributed by atoms with van der Waals surface area (Å²) in [6, 6.07) is 9.66. The molecule has 1 fully saturated rings. The number of hydrogen-bond acceptors (Lipinski definition) is 3. The molecule has 1 aromatic carbocycles. The summed E-state index contributed by atoms with van der Waals surface area (Å²) in [6.07, 6.45) is 2.47. The molecule has 1 saturated heterocycles. The van der Waals surface area contributed by atoms with Crippen LogP contribution in [0.25, 0.3) is 0 Å². The van der Waals surface area contributed by atoms with E-state index in [9.17, 15) is 14.3 Å². The Morgan fingerprint density at radius 1 is 1.27 bits per heavy atom. The highest BCUT2D eigenvalue weighted by Crippen LogP contribution is 2.37. The molecular weight excluding hydrogens is 301 g/mol. The molecule has 1 aromatic heterocycles. The molecule has 2 atom stereocenters. The largest absolute Gasteiger partial charge is 0.480 e. The quantitative estimate of drug-likeness (QED) is 0.928. The molecule has 0 aliphatic carbocycles. The maximum atomic E-state index is 14.3. The smallest absolute Gasteiger partial charge is 0.320 e. The normalized spacial score (nSPS) is 20.7. The number of carboxylic acid groups (broad SMARTS) is 1. The molecule has 0 saturated carbocycles. The van der Waals surface area contributed by atoms with Crippen LogP contribution in [0.3, 0.4) is 0 Å². The van der Waals surface area contributed by atoms with Gasteiger partial charge in [-0.3, -0.25) is 9.69 Å². The third kappa shape index (κ3) is 2.91. The van der Waals surface area contributed by atoms with E-state index in [0.717, 1.165) is 17.7 Å². The van der Waals surface area contributed by atoms with Crippen LogP contribution in [0.4, 0.5) is 4.39 Å². The summed E-state index contributed by atoms with van der Waals surface area (Å²) in [5.74, 6) is -1.10. The van der Waals surface area contributed by atoms with Crippen molar-refractivity contribution in [2.75, 3.05) is 6.54 Å². The molecule has 3 rings (SSSR count). The Bertz CT molecular complexity index is 644. The highest BCUT2D eigenvalue weighted by molar-refractivity contribution is 7.10. The summed E-state index contributed by atoms with van der Waals surface area (Å²) in [7, 11) is 0. The summed E-state index contributed by atoms with van der Waals surface area (Å²) in [5, 5.41) is 11.5. The number of carbonyl (C=O) groups is 1. The molecule has 1 aliphatic rings. The molecule has 0 amide bonds. The maximum absolute atomic E-state index is 14.3. The number of carboxylic acids is 1. The van der Waals surface area contributed by atoms with Crippen LogP contribution < -0.4 is 0 Å². The third-order valence-electron chi connectivity index (χ3n) is 4.17. The molecule has 5 heteroatoms. The van der Waals surface area contributed by atoms with E-state index in [0.29, 0.717) is 18.5 Å². The van der Waals surface area contributed by atoms with Crippen molar-refractivity contribution in [3.05, 3.63) is 58.0 Å². The Kier molecular flexibility index (Phi) is 4.55. The lowest BCUT2D eigenvalue weighted by Gasteiger charge is -2.39. The molecular formula is C17H18FNO2S. The number of hydrogen-bond donors (Lipinski definition) is 1. The van der Waals surface area contributed by atoms with Crippen molar-refractivity contribution in [1.82, 2.24) is 4.90 Å². The van der Waals surface area contributed by atoms with Crippen molar-refractivity contribution in [3.63, 3.8) is 0 Å². The van der Waals surface area contributed by atoms with Gasteiger partial charge in [0.05, 0.1) is 6.04 Å². The van der Waals surface area contributed by atoms with Crippen LogP contribution in [0.15, 0.2) is 41.8 Å². The Hall–Kier alpha value is -1.72. The van der Waals surface area contributed by atoms with Gasteiger partial charge in [0.25, 0.3) is 0 Å². The van der Waals surface area contributed by atoms with Gasteiger partial charge in [0.2, 0.25) is 0 Å². The zero-order valence-electron chi connectivity index (χ0n) is 12.1. The van der Waals surface area contributed by atoms with Crippen molar-refractivity contribution in [1.29, 1.82) is 0 Å². The predicted octanol–water partition coefficient (Wildman–Crippen LogP) is 3.92. The lowest BCUT2D eigenvalue weighted by molar-refractivity contribution is -0.145. The van der Waals surface area contributed by atoms with Crippen molar-refractivity contribution < 1.29 is 14.3 Å². The molecule has 22 heavy (non-hydrogen) atoms. The van der Waals surface area contributed by atoms with Gasteiger partial charge in [0.15, 0.2) is 0 Å². The zero-order valence-corrected chi connectivity index (χ0v) is 12.9. The fraction of sp³-hybridized carbons (Fsp3) is 0.353. The van der Waals surface area contributed by atoms with Gasteiger partial charge in [-0.15, -0.1) is 11.3 Å². The molecule has 1 N–H and O–H groups in total. The number of nitrogens with zero attached hydrogens (tertiary/aromatic N) is 1. The Labute approximate surface area is 133 Å². The first-order valence-corrected chi connectivity index (χ1v) is 8.33. The van der Waals surface area contributed by atoms with Crippen molar-refractivity contribution in [3.8, 4) is 0 Å². The summed E-state index contributed by atoms with van der Waals surface area (Å²) >= 11 is 1.54. The van der Waals surface area contributed by atoms with Crippen LogP contribution in [-0.4, -0.2) is 28.6 Å². The minimum absolute atomic E-state index is 0.282. The minimum Gasteiger partial charge on any atom is -0.480 e. The van der Waals surface area contributed by atoms with Gasteiger partial charge in [-0.25, -0.2) is 4.39 Å². The fourth-order valence-electron chi connectivity index (χ4n) is 3.17. The second-order valence-corrected chi connectivity index (χ2v) is 6.51. The van der Waals surface area contributed by atoms with Crippen molar-refractivity contribution in [2.45, 2.75) is 31.3 Å². The highest BCUT2D eigenvalue weighted by atomic mass is 32.1. The van der Waals surface area contributed by atoms with E-state index in [4.69, 9.17) is 0 Å². The lowest BCUT2D eigenvalue weighted by atomic mass is 9.95. The molecule has 0 bridgehead atoms. The van der Waals surface area contributed by atoms with Gasteiger partial charge in [-0.05, 0) is 36.9 Å². The van der Waals surface area contributed by atoms with Gasteiger partial charge < -0.3 is 5.11 Å². The predicted molar refractivity (Wildman–Crippen MR) is 84.5 cm³/mol. The van der Waals surface area contributed by atoms with Gasteiger partial charge in [0.1, 0.15) is 11.9 Å². The SMILES string of the molecule is O=C(O)C1CCCCN1C(c1cccs1)c1ccccc1F. The fourth-order valence-corrected chi connectivity index (χ4v) is 4.03. The second-order valence-electron chi connectivity index (χ2n) is 5.53. The second kappa shape index (κ2) is 6.58. The summed E-state index contributed by atoms with van der Waals surface area (Å²) in [6.45, 7) is 0.674. The number of piperidine rings is 1. The molecule has 2 unspecified atom stereocenters. The zero-order chi connectivity index (χ0) is 15.5. The van der Waals surface area contributed by atoms with Gasteiger partial charge in [-0.1, -0.05) is 30.7 Å². The number of likely N-dealkylation sites (tertiary alicyclic amines) is 1. The first-order valence-electron chi connectivity index (χ1n) is 7.45. The summed E-state index contributed by atoms with van der Waals surface area (Å²) in [4.78, 5) is 14.5. The molecule has 1 aliphatic heterocycles. The number of benzene rings is 1. The monoisotopic (exact) mass is 319 g/mol.